The summed E-state index contributed by atoms with van der Waals surface area (Å²) in [4.78, 5) is 10.6. The summed E-state index contributed by atoms with van der Waals surface area (Å²) in [5, 5.41) is 1.24. The van der Waals surface area contributed by atoms with E-state index in [0.717, 1.165) is 17.8 Å². The van der Waals surface area contributed by atoms with E-state index in [9.17, 15) is 0 Å². The SMILES string of the molecule is COc1ccc(C(C)N2CCC[C@H]2c2cncc(-c3c[nH]c4ccccc34)c2)cc1. The van der Waals surface area contributed by atoms with Crippen LogP contribution in [-0.4, -0.2) is 28.5 Å². The minimum atomic E-state index is 0.347. The molecule has 30 heavy (non-hydrogen) atoms. The maximum Gasteiger partial charge on any atom is 0.118 e. The van der Waals surface area contributed by atoms with Gasteiger partial charge in [0, 0.05) is 52.7 Å². The first-order valence-electron chi connectivity index (χ1n) is 10.7. The lowest BCUT2D eigenvalue weighted by Crippen LogP contribution is -2.26. The second-order valence-corrected chi connectivity index (χ2v) is 8.10. The van der Waals surface area contributed by atoms with Gasteiger partial charge in [-0.05, 0) is 61.7 Å². The van der Waals surface area contributed by atoms with Gasteiger partial charge < -0.3 is 9.72 Å². The van der Waals surface area contributed by atoms with Crippen LogP contribution in [0.4, 0.5) is 0 Å². The molecule has 2 aromatic heterocycles. The van der Waals surface area contributed by atoms with Crippen molar-refractivity contribution in [1.82, 2.24) is 14.9 Å². The summed E-state index contributed by atoms with van der Waals surface area (Å²) in [6.45, 7) is 3.41. The molecule has 1 aliphatic heterocycles. The molecule has 1 fully saturated rings. The van der Waals surface area contributed by atoms with Gasteiger partial charge in [0.15, 0.2) is 0 Å². The summed E-state index contributed by atoms with van der Waals surface area (Å²) in [6, 6.07) is 20.0. The summed E-state index contributed by atoms with van der Waals surface area (Å²) in [6.07, 6.45) is 8.49. The van der Waals surface area contributed by atoms with E-state index in [1.807, 2.05) is 12.4 Å². The molecule has 2 aromatic carbocycles. The molecule has 1 saturated heterocycles. The number of benzene rings is 2. The van der Waals surface area contributed by atoms with Crippen LogP contribution in [0.25, 0.3) is 22.0 Å². The number of nitrogens with zero attached hydrogens (tertiary/aromatic N) is 2. The molecule has 5 rings (SSSR count). The number of para-hydroxylation sites is 1. The molecule has 2 atom stereocenters. The number of rotatable bonds is 5. The zero-order valence-corrected chi connectivity index (χ0v) is 17.5. The Labute approximate surface area is 177 Å². The van der Waals surface area contributed by atoms with E-state index in [2.05, 4.69) is 82.6 Å². The highest BCUT2D eigenvalue weighted by atomic mass is 16.5. The summed E-state index contributed by atoms with van der Waals surface area (Å²) in [7, 11) is 1.71. The number of methoxy groups -OCH3 is 1. The summed E-state index contributed by atoms with van der Waals surface area (Å²) < 4.78 is 5.32. The van der Waals surface area contributed by atoms with Crippen LogP contribution < -0.4 is 4.74 Å². The Morgan fingerprint density at radius 3 is 2.77 bits per heavy atom. The average Bonchev–Trinajstić information content (AvgIpc) is 3.46. The van der Waals surface area contributed by atoms with Crippen molar-refractivity contribution in [3.63, 3.8) is 0 Å². The molecule has 4 heteroatoms. The van der Waals surface area contributed by atoms with Gasteiger partial charge in [-0.15, -0.1) is 0 Å². The Balaban J connectivity index is 1.45. The fraction of sp³-hybridized carbons (Fsp3) is 0.269. The summed E-state index contributed by atoms with van der Waals surface area (Å²) in [5.41, 5.74) is 6.18. The minimum Gasteiger partial charge on any atom is -0.497 e. The molecule has 1 N–H and O–H groups in total. The van der Waals surface area contributed by atoms with Gasteiger partial charge in [-0.25, -0.2) is 0 Å². The van der Waals surface area contributed by atoms with Crippen LogP contribution in [0.3, 0.4) is 0 Å². The maximum absolute atomic E-state index is 5.32. The minimum absolute atomic E-state index is 0.347. The van der Waals surface area contributed by atoms with Gasteiger partial charge in [-0.1, -0.05) is 30.3 Å². The molecule has 152 valence electrons. The van der Waals surface area contributed by atoms with E-state index >= 15 is 0 Å². The van der Waals surface area contributed by atoms with Gasteiger partial charge in [-0.2, -0.15) is 0 Å². The number of H-pyrrole nitrogens is 1. The zero-order valence-electron chi connectivity index (χ0n) is 17.5. The molecule has 0 bridgehead atoms. The third-order valence-electron chi connectivity index (χ3n) is 6.43. The van der Waals surface area contributed by atoms with Crippen LogP contribution in [0.1, 0.15) is 43.0 Å². The van der Waals surface area contributed by atoms with E-state index in [1.165, 1.54) is 40.5 Å². The lowest BCUT2D eigenvalue weighted by Gasteiger charge is -2.31. The van der Waals surface area contributed by atoms with Crippen molar-refractivity contribution in [3.05, 3.63) is 84.3 Å². The lowest BCUT2D eigenvalue weighted by atomic mass is 9.99. The number of nitrogens with one attached hydrogen (secondary N) is 1. The van der Waals surface area contributed by atoms with Crippen molar-refractivity contribution in [2.45, 2.75) is 31.8 Å². The third kappa shape index (κ3) is 3.37. The number of aromatic amines is 1. The number of pyridine rings is 1. The van der Waals surface area contributed by atoms with E-state index < -0.39 is 0 Å². The molecule has 4 aromatic rings. The molecule has 0 amide bonds. The number of likely N-dealkylation sites (tertiary alicyclic amines) is 1. The summed E-state index contributed by atoms with van der Waals surface area (Å²) in [5.74, 6) is 0.902. The fourth-order valence-electron chi connectivity index (χ4n) is 4.78. The molecule has 1 unspecified atom stereocenters. The van der Waals surface area contributed by atoms with Crippen molar-refractivity contribution in [2.75, 3.05) is 13.7 Å². The van der Waals surface area contributed by atoms with Gasteiger partial charge >= 0.3 is 0 Å². The highest BCUT2D eigenvalue weighted by Gasteiger charge is 2.30. The maximum atomic E-state index is 5.32. The Kier molecular flexibility index (Phi) is 5.01. The first-order chi connectivity index (χ1) is 14.7. The monoisotopic (exact) mass is 397 g/mol. The number of aromatic nitrogens is 2. The number of fused-ring (bicyclic) bond motifs is 1. The molecule has 4 nitrogen and oxygen atoms in total. The molecule has 0 radical (unpaired) electrons. The van der Waals surface area contributed by atoms with E-state index in [0.29, 0.717) is 12.1 Å². The first-order valence-corrected chi connectivity index (χ1v) is 10.7. The van der Waals surface area contributed by atoms with Gasteiger partial charge in [0.05, 0.1) is 7.11 Å². The largest absolute Gasteiger partial charge is 0.497 e. The number of ether oxygens (including phenoxy) is 1. The Hall–Kier alpha value is -3.11. The Bertz CT molecular complexity index is 1150. The van der Waals surface area contributed by atoms with Crippen LogP contribution in [0.15, 0.2) is 73.2 Å². The van der Waals surface area contributed by atoms with Crippen molar-refractivity contribution in [3.8, 4) is 16.9 Å². The molecule has 0 saturated carbocycles. The average molecular weight is 398 g/mol. The highest BCUT2D eigenvalue weighted by Crippen LogP contribution is 2.40. The third-order valence-corrected chi connectivity index (χ3v) is 6.43. The molecule has 1 aliphatic rings. The van der Waals surface area contributed by atoms with Gasteiger partial charge in [-0.3, -0.25) is 9.88 Å². The molecular formula is C26H27N3O. The second-order valence-electron chi connectivity index (χ2n) is 8.10. The van der Waals surface area contributed by atoms with Gasteiger partial charge in [0.25, 0.3) is 0 Å². The van der Waals surface area contributed by atoms with Crippen LogP contribution >= 0.6 is 0 Å². The summed E-state index contributed by atoms with van der Waals surface area (Å²) >= 11 is 0. The van der Waals surface area contributed by atoms with Crippen LogP contribution in [-0.2, 0) is 0 Å². The van der Waals surface area contributed by atoms with Crippen LogP contribution in [0, 0.1) is 0 Å². The van der Waals surface area contributed by atoms with E-state index in [1.54, 1.807) is 7.11 Å². The highest BCUT2D eigenvalue weighted by molar-refractivity contribution is 5.95. The fourth-order valence-corrected chi connectivity index (χ4v) is 4.78. The quantitative estimate of drug-likeness (QED) is 0.440. The molecular weight excluding hydrogens is 370 g/mol. The predicted octanol–water partition coefficient (Wildman–Crippen LogP) is 6.14. The van der Waals surface area contributed by atoms with E-state index in [-0.39, 0.29) is 0 Å². The van der Waals surface area contributed by atoms with Crippen LogP contribution in [0.2, 0.25) is 0 Å². The van der Waals surface area contributed by atoms with Crippen molar-refractivity contribution < 1.29 is 4.74 Å². The van der Waals surface area contributed by atoms with E-state index in [4.69, 9.17) is 4.74 Å². The molecule has 3 heterocycles. The molecule has 0 aliphatic carbocycles. The van der Waals surface area contributed by atoms with Crippen LogP contribution in [0.5, 0.6) is 5.75 Å². The van der Waals surface area contributed by atoms with Gasteiger partial charge in [0.1, 0.15) is 5.75 Å². The predicted molar refractivity (Wildman–Crippen MR) is 122 cm³/mol. The topological polar surface area (TPSA) is 41.1 Å². The second kappa shape index (κ2) is 7.96. The number of hydrogen-bond donors (Lipinski definition) is 1. The first kappa shape index (κ1) is 18.9. The van der Waals surface area contributed by atoms with Crippen molar-refractivity contribution in [2.24, 2.45) is 0 Å². The normalized spacial score (nSPS) is 18.0. The standard InChI is InChI=1S/C26H27N3O/c1-18(19-9-11-22(30-2)12-10-19)29-13-5-8-26(29)21-14-20(15-27-16-21)24-17-28-25-7-4-3-6-23(24)25/h3-4,6-7,9-12,14-18,26,28H,5,8,13H2,1-2H3/t18?,26-/m0/s1. The van der Waals surface area contributed by atoms with Crippen molar-refractivity contribution in [1.29, 1.82) is 0 Å². The number of hydrogen-bond acceptors (Lipinski definition) is 3. The smallest absolute Gasteiger partial charge is 0.118 e. The molecule has 0 spiro atoms. The lowest BCUT2D eigenvalue weighted by molar-refractivity contribution is 0.194. The van der Waals surface area contributed by atoms with Crippen molar-refractivity contribution >= 4 is 10.9 Å². The Morgan fingerprint density at radius 1 is 1.10 bits per heavy atom. The zero-order chi connectivity index (χ0) is 20.5. The van der Waals surface area contributed by atoms with Gasteiger partial charge in [0.2, 0.25) is 0 Å². The Morgan fingerprint density at radius 2 is 1.93 bits per heavy atom.